The van der Waals surface area contributed by atoms with Crippen molar-refractivity contribution in [3.05, 3.63) is 94.1 Å². The third-order valence-corrected chi connectivity index (χ3v) is 7.55. The second-order valence-corrected chi connectivity index (χ2v) is 9.99. The van der Waals surface area contributed by atoms with E-state index in [4.69, 9.17) is 4.99 Å². The van der Waals surface area contributed by atoms with E-state index in [9.17, 15) is 0 Å². The molecule has 0 aromatic heterocycles. The number of rotatable bonds is 2. The molecule has 3 nitrogen and oxygen atoms in total. The Hall–Kier alpha value is -2.91. The molecule has 2 atom stereocenters. The monoisotopic (exact) mass is 421 g/mol. The Morgan fingerprint density at radius 3 is 2.72 bits per heavy atom. The van der Waals surface area contributed by atoms with E-state index in [2.05, 4.69) is 92.1 Å². The van der Waals surface area contributed by atoms with Gasteiger partial charge in [0.15, 0.2) is 0 Å². The zero-order valence-electron chi connectivity index (χ0n) is 19.2. The molecule has 3 heteroatoms. The number of nitrogens with one attached hydrogen (secondary N) is 2. The third-order valence-electron chi connectivity index (χ3n) is 7.55. The summed E-state index contributed by atoms with van der Waals surface area (Å²) in [4.78, 5) is 5.21. The maximum absolute atomic E-state index is 5.21. The van der Waals surface area contributed by atoms with Crippen LogP contribution in [0.1, 0.15) is 69.3 Å². The number of benzene rings is 2. The maximum Gasteiger partial charge on any atom is 0.129 e. The lowest BCUT2D eigenvalue weighted by Gasteiger charge is -2.33. The van der Waals surface area contributed by atoms with Gasteiger partial charge in [-0.3, -0.25) is 5.32 Å². The molecule has 2 unspecified atom stereocenters. The summed E-state index contributed by atoms with van der Waals surface area (Å²) in [5, 5.41) is 7.28. The Labute approximate surface area is 191 Å². The van der Waals surface area contributed by atoms with Gasteiger partial charge in [-0.2, -0.15) is 0 Å². The normalized spacial score (nSPS) is 25.3. The van der Waals surface area contributed by atoms with Crippen molar-refractivity contribution in [1.82, 2.24) is 10.6 Å². The van der Waals surface area contributed by atoms with Gasteiger partial charge in [-0.25, -0.2) is 4.99 Å². The lowest BCUT2D eigenvalue weighted by atomic mass is 9.82. The largest absolute Gasteiger partial charge is 0.355 e. The Morgan fingerprint density at radius 1 is 0.969 bits per heavy atom. The van der Waals surface area contributed by atoms with E-state index in [1.165, 1.54) is 44.5 Å². The molecule has 4 aliphatic rings. The van der Waals surface area contributed by atoms with Crippen molar-refractivity contribution in [3.63, 3.8) is 0 Å². The second kappa shape index (κ2) is 7.31. The summed E-state index contributed by atoms with van der Waals surface area (Å²) in [7, 11) is 0. The third kappa shape index (κ3) is 3.02. The van der Waals surface area contributed by atoms with Crippen LogP contribution >= 0.6 is 0 Å². The number of hydrogen-bond donors (Lipinski definition) is 2. The van der Waals surface area contributed by atoms with Crippen molar-refractivity contribution < 1.29 is 0 Å². The fraction of sp³-hybridized carbons (Fsp3) is 0.345. The number of amidine groups is 1. The highest BCUT2D eigenvalue weighted by atomic mass is 15.3. The van der Waals surface area contributed by atoms with Gasteiger partial charge in [0, 0.05) is 11.0 Å². The van der Waals surface area contributed by atoms with Gasteiger partial charge >= 0.3 is 0 Å². The summed E-state index contributed by atoms with van der Waals surface area (Å²) < 4.78 is 0. The van der Waals surface area contributed by atoms with E-state index < -0.39 is 0 Å². The highest BCUT2D eigenvalue weighted by Gasteiger charge is 2.36. The van der Waals surface area contributed by atoms with Gasteiger partial charge < -0.3 is 5.32 Å². The van der Waals surface area contributed by atoms with E-state index in [0.29, 0.717) is 0 Å². The van der Waals surface area contributed by atoms with Crippen molar-refractivity contribution in [1.29, 1.82) is 0 Å². The predicted octanol–water partition coefficient (Wildman–Crippen LogP) is 6.30. The smallest absolute Gasteiger partial charge is 0.129 e. The number of hydrogen-bond acceptors (Lipinski definition) is 3. The molecule has 1 heterocycles. The van der Waals surface area contributed by atoms with Gasteiger partial charge in [-0.15, -0.1) is 0 Å². The Bertz CT molecular complexity index is 1220. The molecule has 162 valence electrons. The standard InChI is InChI=1S/C29H31N3/c1-18-30-27(32-28(31-18)24-13-8-10-19-9-4-5-11-21(19)24)20-15-16-23-22-12-6-7-14-25(22)29(2,3)26(23)17-20/h5-7,10-12,14-18,27,30H,4,8-9,13H2,1-3H3,(H,31,32). The van der Waals surface area contributed by atoms with Crippen LogP contribution in [0.15, 0.2) is 82.4 Å². The average Bonchev–Trinajstić information content (AvgIpc) is 3.05. The van der Waals surface area contributed by atoms with Crippen molar-refractivity contribution in [2.75, 3.05) is 0 Å². The Kier molecular flexibility index (Phi) is 4.51. The van der Waals surface area contributed by atoms with Gasteiger partial charge in [0.2, 0.25) is 0 Å². The summed E-state index contributed by atoms with van der Waals surface area (Å²) in [5.41, 5.74) is 11.1. The molecule has 0 saturated carbocycles. The molecule has 2 aromatic carbocycles. The molecule has 32 heavy (non-hydrogen) atoms. The van der Waals surface area contributed by atoms with Crippen molar-refractivity contribution in [3.8, 4) is 11.1 Å². The molecule has 0 bridgehead atoms. The van der Waals surface area contributed by atoms with Crippen molar-refractivity contribution in [2.24, 2.45) is 4.99 Å². The lowest BCUT2D eigenvalue weighted by Crippen LogP contribution is -2.49. The molecule has 0 spiro atoms. The summed E-state index contributed by atoms with van der Waals surface area (Å²) in [5.74, 6) is 1.07. The number of allylic oxidation sites excluding steroid dienone is 5. The first kappa shape index (κ1) is 19.8. The number of aliphatic imine (C=N–C) groups is 1. The minimum Gasteiger partial charge on any atom is -0.355 e. The molecule has 2 N–H and O–H groups in total. The molecule has 6 rings (SSSR count). The van der Waals surface area contributed by atoms with Gasteiger partial charge in [-0.1, -0.05) is 74.5 Å². The first-order chi connectivity index (χ1) is 15.5. The molecule has 0 radical (unpaired) electrons. The molecule has 0 fully saturated rings. The van der Waals surface area contributed by atoms with Crippen LogP contribution in [0.2, 0.25) is 0 Å². The van der Waals surface area contributed by atoms with Crippen LogP contribution in [0.4, 0.5) is 0 Å². The Balaban J connectivity index is 1.41. The number of nitrogens with zero attached hydrogens (tertiary/aromatic N) is 1. The van der Waals surface area contributed by atoms with E-state index in [1.807, 2.05) is 0 Å². The highest BCUT2D eigenvalue weighted by Crippen LogP contribution is 2.49. The lowest BCUT2D eigenvalue weighted by molar-refractivity contribution is 0.420. The minimum atomic E-state index is -0.0407. The van der Waals surface area contributed by atoms with Crippen LogP contribution in [-0.4, -0.2) is 12.0 Å². The van der Waals surface area contributed by atoms with Crippen LogP contribution in [-0.2, 0) is 5.41 Å². The van der Waals surface area contributed by atoms with Crippen molar-refractivity contribution >= 4 is 5.84 Å². The average molecular weight is 422 g/mol. The molecular formula is C29H31N3. The van der Waals surface area contributed by atoms with Crippen LogP contribution in [0.25, 0.3) is 11.1 Å². The summed E-state index contributed by atoms with van der Waals surface area (Å²) in [6, 6.07) is 15.8. The minimum absolute atomic E-state index is 0.00751. The summed E-state index contributed by atoms with van der Waals surface area (Å²) in [6.45, 7) is 6.87. The quantitative estimate of drug-likeness (QED) is 0.597. The van der Waals surface area contributed by atoms with Gasteiger partial charge in [0.05, 0.1) is 6.17 Å². The van der Waals surface area contributed by atoms with Gasteiger partial charge in [0.25, 0.3) is 0 Å². The molecule has 2 aromatic rings. The second-order valence-electron chi connectivity index (χ2n) is 9.99. The summed E-state index contributed by atoms with van der Waals surface area (Å²) in [6.07, 6.45) is 11.6. The van der Waals surface area contributed by atoms with E-state index in [0.717, 1.165) is 31.5 Å². The zero-order valence-corrected chi connectivity index (χ0v) is 19.2. The van der Waals surface area contributed by atoms with E-state index in [1.54, 1.807) is 0 Å². The fourth-order valence-corrected chi connectivity index (χ4v) is 5.87. The molecule has 0 saturated heterocycles. The predicted molar refractivity (Wildman–Crippen MR) is 133 cm³/mol. The van der Waals surface area contributed by atoms with Crippen LogP contribution in [0, 0.1) is 0 Å². The maximum atomic E-state index is 5.21. The number of fused-ring (bicyclic) bond motifs is 4. The van der Waals surface area contributed by atoms with Crippen molar-refractivity contribution in [2.45, 2.75) is 64.2 Å². The highest BCUT2D eigenvalue weighted by molar-refractivity contribution is 6.01. The molecule has 3 aliphatic carbocycles. The topological polar surface area (TPSA) is 36.4 Å². The van der Waals surface area contributed by atoms with Gasteiger partial charge in [-0.05, 0) is 71.6 Å². The molecular weight excluding hydrogens is 390 g/mol. The SMILES string of the molecule is CC1NC(C2=C3C=CCCC3=CCC2)=NC(c2ccc3c(c2)C(C)(C)c2ccccc2-3)N1. The van der Waals surface area contributed by atoms with Crippen LogP contribution < -0.4 is 10.6 Å². The van der Waals surface area contributed by atoms with E-state index >= 15 is 0 Å². The zero-order chi connectivity index (χ0) is 21.9. The summed E-state index contributed by atoms with van der Waals surface area (Å²) >= 11 is 0. The first-order valence-corrected chi connectivity index (χ1v) is 12.0. The van der Waals surface area contributed by atoms with Crippen LogP contribution in [0.3, 0.4) is 0 Å². The fourth-order valence-electron chi connectivity index (χ4n) is 5.87. The van der Waals surface area contributed by atoms with Gasteiger partial charge in [0.1, 0.15) is 12.0 Å². The molecule has 1 aliphatic heterocycles. The molecule has 0 amide bonds. The van der Waals surface area contributed by atoms with Crippen LogP contribution in [0.5, 0.6) is 0 Å². The Morgan fingerprint density at radius 2 is 1.81 bits per heavy atom. The van der Waals surface area contributed by atoms with E-state index in [-0.39, 0.29) is 17.7 Å². The first-order valence-electron chi connectivity index (χ1n) is 12.0.